The largest absolute Gasteiger partial charge is 0.422 e. The molecule has 0 aliphatic carbocycles. The summed E-state index contributed by atoms with van der Waals surface area (Å²) in [6.45, 7) is 8.25. The molecule has 2 saturated heterocycles. The van der Waals surface area contributed by atoms with Crippen molar-refractivity contribution < 1.29 is 19.1 Å². The van der Waals surface area contributed by atoms with Gasteiger partial charge in [0.2, 0.25) is 0 Å². The number of benzene rings is 1. The van der Waals surface area contributed by atoms with Gasteiger partial charge >= 0.3 is 11.9 Å². The summed E-state index contributed by atoms with van der Waals surface area (Å²) < 4.78 is 11.1. The predicted molar refractivity (Wildman–Crippen MR) is 97.9 cm³/mol. The average molecular weight is 378 g/mol. The number of fused-ring (bicyclic) bond motifs is 4. The normalized spacial score (nSPS) is 31.7. The first-order chi connectivity index (χ1) is 12.1. The van der Waals surface area contributed by atoms with Crippen molar-refractivity contribution in [2.75, 3.05) is 11.4 Å². The Bertz CT molecular complexity index is 770. The van der Waals surface area contributed by atoms with Gasteiger partial charge in [0, 0.05) is 37.5 Å². The number of piperidine rings is 1. The summed E-state index contributed by atoms with van der Waals surface area (Å²) in [7, 11) is 0. The maximum atomic E-state index is 13.2. The maximum Gasteiger partial charge on any atom is 0.329 e. The van der Waals surface area contributed by atoms with Crippen LogP contribution < -0.4 is 4.90 Å². The Morgan fingerprint density at radius 1 is 1.15 bits per heavy atom. The van der Waals surface area contributed by atoms with Gasteiger partial charge in [-0.15, -0.1) is 0 Å². The SMILES string of the molecule is C[C@H]1C[C@H](C)[C@H]2N(C1)c1cc(Cl)ccc1CC21C(=O)OC(C)(C)OC1=O. The van der Waals surface area contributed by atoms with Crippen LogP contribution in [0.15, 0.2) is 18.2 Å². The molecule has 0 bridgehead atoms. The van der Waals surface area contributed by atoms with E-state index in [2.05, 4.69) is 18.7 Å². The van der Waals surface area contributed by atoms with Crippen molar-refractivity contribution in [1.82, 2.24) is 0 Å². The first-order valence-corrected chi connectivity index (χ1v) is 9.54. The molecule has 3 atom stereocenters. The van der Waals surface area contributed by atoms with Crippen molar-refractivity contribution in [3.8, 4) is 0 Å². The minimum Gasteiger partial charge on any atom is -0.422 e. The molecule has 0 unspecified atom stereocenters. The monoisotopic (exact) mass is 377 g/mol. The number of cyclic esters (lactones) is 2. The molecule has 3 aliphatic heterocycles. The van der Waals surface area contributed by atoms with Crippen molar-refractivity contribution in [2.24, 2.45) is 17.3 Å². The lowest BCUT2D eigenvalue weighted by molar-refractivity contribution is -0.254. The van der Waals surface area contributed by atoms with E-state index in [1.165, 1.54) is 0 Å². The highest BCUT2D eigenvalue weighted by atomic mass is 35.5. The smallest absolute Gasteiger partial charge is 0.329 e. The van der Waals surface area contributed by atoms with Gasteiger partial charge in [-0.3, -0.25) is 9.59 Å². The Kier molecular flexibility index (Phi) is 3.82. The molecule has 0 N–H and O–H groups in total. The van der Waals surface area contributed by atoms with Gasteiger partial charge in [-0.1, -0.05) is 31.5 Å². The van der Waals surface area contributed by atoms with Gasteiger partial charge < -0.3 is 14.4 Å². The van der Waals surface area contributed by atoms with Crippen molar-refractivity contribution >= 4 is 29.2 Å². The Morgan fingerprint density at radius 3 is 2.46 bits per heavy atom. The fourth-order valence-electron chi connectivity index (χ4n) is 5.07. The molecule has 6 heteroatoms. The molecule has 1 spiro atoms. The number of nitrogens with zero attached hydrogens (tertiary/aromatic N) is 1. The second-order valence-electron chi connectivity index (χ2n) is 8.52. The van der Waals surface area contributed by atoms with Crippen LogP contribution in [0.2, 0.25) is 5.02 Å². The van der Waals surface area contributed by atoms with E-state index in [0.29, 0.717) is 10.9 Å². The minimum absolute atomic E-state index is 0.146. The lowest BCUT2D eigenvalue weighted by Crippen LogP contribution is -2.69. The first-order valence-electron chi connectivity index (χ1n) is 9.16. The molecule has 0 amide bonds. The van der Waals surface area contributed by atoms with Crippen LogP contribution in [0.5, 0.6) is 0 Å². The van der Waals surface area contributed by atoms with Crippen LogP contribution in [-0.4, -0.2) is 30.3 Å². The molecular weight excluding hydrogens is 354 g/mol. The van der Waals surface area contributed by atoms with Crippen LogP contribution in [0.1, 0.15) is 39.7 Å². The van der Waals surface area contributed by atoms with Crippen LogP contribution in [-0.2, 0) is 25.5 Å². The van der Waals surface area contributed by atoms with E-state index in [1.54, 1.807) is 19.9 Å². The second kappa shape index (κ2) is 5.62. The van der Waals surface area contributed by atoms with Crippen molar-refractivity contribution in [2.45, 2.75) is 52.4 Å². The van der Waals surface area contributed by atoms with Crippen molar-refractivity contribution in [3.63, 3.8) is 0 Å². The van der Waals surface area contributed by atoms with Crippen LogP contribution in [0.3, 0.4) is 0 Å². The third-order valence-electron chi connectivity index (χ3n) is 5.89. The molecule has 1 aromatic rings. The second-order valence-corrected chi connectivity index (χ2v) is 8.95. The molecule has 5 nitrogen and oxygen atoms in total. The molecule has 26 heavy (non-hydrogen) atoms. The summed E-state index contributed by atoms with van der Waals surface area (Å²) in [4.78, 5) is 28.5. The molecule has 0 aromatic heterocycles. The van der Waals surface area contributed by atoms with Gasteiger partial charge in [-0.25, -0.2) is 0 Å². The highest BCUT2D eigenvalue weighted by molar-refractivity contribution is 6.30. The molecule has 3 heterocycles. The number of carbonyl (C=O) groups excluding carboxylic acids is 2. The van der Waals surface area contributed by atoms with Gasteiger partial charge in [0.15, 0.2) is 5.41 Å². The van der Waals surface area contributed by atoms with E-state index in [0.717, 1.165) is 24.2 Å². The van der Waals surface area contributed by atoms with E-state index in [1.807, 2.05) is 12.1 Å². The van der Waals surface area contributed by atoms with E-state index in [-0.39, 0.29) is 18.4 Å². The van der Waals surface area contributed by atoms with E-state index < -0.39 is 23.1 Å². The van der Waals surface area contributed by atoms with Gasteiger partial charge in [0.05, 0.1) is 6.04 Å². The number of halogens is 1. The average Bonchev–Trinajstić information content (AvgIpc) is 2.51. The first kappa shape index (κ1) is 17.7. The topological polar surface area (TPSA) is 55.8 Å². The number of hydrogen-bond acceptors (Lipinski definition) is 5. The zero-order valence-corrected chi connectivity index (χ0v) is 16.3. The van der Waals surface area contributed by atoms with Crippen LogP contribution >= 0.6 is 11.6 Å². The Balaban J connectivity index is 1.90. The van der Waals surface area contributed by atoms with Crippen LogP contribution in [0, 0.1) is 17.3 Å². The van der Waals surface area contributed by atoms with Gasteiger partial charge in [0.1, 0.15) is 0 Å². The highest BCUT2D eigenvalue weighted by Gasteiger charge is 2.65. The van der Waals surface area contributed by atoms with Crippen LogP contribution in [0.4, 0.5) is 5.69 Å². The number of ether oxygens (including phenoxy) is 2. The summed E-state index contributed by atoms with van der Waals surface area (Å²) in [5, 5.41) is 0.652. The molecule has 2 fully saturated rings. The van der Waals surface area contributed by atoms with E-state index in [4.69, 9.17) is 21.1 Å². The fraction of sp³-hybridized carbons (Fsp3) is 0.600. The number of hydrogen-bond donors (Lipinski definition) is 0. The standard InChI is InChI=1S/C20H24ClNO4/c1-11-7-12(2)16-20(17(23)25-19(3,4)26-18(20)24)9-13-5-6-14(21)8-15(13)22(16)10-11/h5-6,8,11-12,16H,7,9-10H2,1-4H3/t11-,12-,16+/m0/s1. The van der Waals surface area contributed by atoms with E-state index in [9.17, 15) is 9.59 Å². The highest BCUT2D eigenvalue weighted by Crippen LogP contribution is 2.52. The summed E-state index contributed by atoms with van der Waals surface area (Å²) in [5.41, 5.74) is 0.619. The molecule has 1 aromatic carbocycles. The summed E-state index contributed by atoms with van der Waals surface area (Å²) in [6.07, 6.45) is 1.23. The minimum atomic E-state index is -1.32. The third-order valence-corrected chi connectivity index (χ3v) is 6.13. The Hall–Kier alpha value is -1.75. The van der Waals surface area contributed by atoms with Gasteiger partial charge in [-0.2, -0.15) is 0 Å². The summed E-state index contributed by atoms with van der Waals surface area (Å²) in [6, 6.07) is 5.35. The number of rotatable bonds is 0. The third kappa shape index (κ3) is 2.43. The van der Waals surface area contributed by atoms with Gasteiger partial charge in [0.25, 0.3) is 5.79 Å². The molecule has 4 rings (SSSR count). The van der Waals surface area contributed by atoms with Crippen molar-refractivity contribution in [1.29, 1.82) is 0 Å². The van der Waals surface area contributed by atoms with Crippen molar-refractivity contribution in [3.05, 3.63) is 28.8 Å². The quantitative estimate of drug-likeness (QED) is 0.511. The predicted octanol–water partition coefficient (Wildman–Crippen LogP) is 3.57. The molecule has 140 valence electrons. The zero-order valence-electron chi connectivity index (χ0n) is 15.5. The Morgan fingerprint density at radius 2 is 1.81 bits per heavy atom. The van der Waals surface area contributed by atoms with Gasteiger partial charge in [-0.05, 0) is 36.0 Å². The molecule has 3 aliphatic rings. The lowest BCUT2D eigenvalue weighted by atomic mass is 9.63. The number of esters is 2. The number of anilines is 1. The summed E-state index contributed by atoms with van der Waals surface area (Å²) >= 11 is 6.24. The zero-order chi connectivity index (χ0) is 18.9. The number of carbonyl (C=O) groups is 2. The summed E-state index contributed by atoms with van der Waals surface area (Å²) in [5.74, 6) is -1.58. The maximum absolute atomic E-state index is 13.2. The molecule has 0 saturated carbocycles. The Labute approximate surface area is 158 Å². The fourth-order valence-corrected chi connectivity index (χ4v) is 5.24. The van der Waals surface area contributed by atoms with E-state index >= 15 is 0 Å². The van der Waals surface area contributed by atoms with Crippen LogP contribution in [0.25, 0.3) is 0 Å². The lowest BCUT2D eigenvalue weighted by Gasteiger charge is -2.56. The molecule has 0 radical (unpaired) electrons. The molecular formula is C20H24ClNO4.